The van der Waals surface area contributed by atoms with Gasteiger partial charge in [-0.3, -0.25) is 4.79 Å². The van der Waals surface area contributed by atoms with E-state index < -0.39 is 0 Å². The minimum Gasteiger partial charge on any atom is -0.490 e. The molecule has 0 spiro atoms. The molecule has 0 saturated heterocycles. The minimum absolute atomic E-state index is 0.112. The summed E-state index contributed by atoms with van der Waals surface area (Å²) in [6.07, 6.45) is 6.69. The number of nitrogens with one attached hydrogen (secondary N) is 1. The van der Waals surface area contributed by atoms with Crippen LogP contribution >= 0.6 is 0 Å². The number of furan rings is 1. The highest BCUT2D eigenvalue weighted by molar-refractivity contribution is 5.94. The first-order valence-corrected chi connectivity index (χ1v) is 7.38. The van der Waals surface area contributed by atoms with E-state index in [1.807, 2.05) is 18.2 Å². The van der Waals surface area contributed by atoms with Crippen LogP contribution in [0.3, 0.4) is 0 Å². The molecule has 0 atom stereocenters. The zero-order valence-corrected chi connectivity index (χ0v) is 11.9. The Bertz CT molecular complexity index is 569. The molecule has 1 aliphatic carbocycles. The third-order valence-electron chi connectivity index (χ3n) is 3.72. The van der Waals surface area contributed by atoms with Gasteiger partial charge in [0.2, 0.25) is 0 Å². The molecule has 0 unspecified atom stereocenters. The first-order chi connectivity index (χ1) is 10.3. The predicted molar refractivity (Wildman–Crippen MR) is 79.2 cm³/mol. The zero-order chi connectivity index (χ0) is 14.5. The second kappa shape index (κ2) is 6.48. The minimum atomic E-state index is -0.112. The lowest BCUT2D eigenvalue weighted by Crippen LogP contribution is -2.22. The van der Waals surface area contributed by atoms with Crippen molar-refractivity contribution in [2.45, 2.75) is 38.3 Å². The highest BCUT2D eigenvalue weighted by Gasteiger charge is 2.16. The summed E-state index contributed by atoms with van der Waals surface area (Å²) in [7, 11) is 0. The Hall–Kier alpha value is -2.23. The fourth-order valence-corrected chi connectivity index (χ4v) is 2.57. The summed E-state index contributed by atoms with van der Waals surface area (Å²) in [5.41, 5.74) is 0.625. The van der Waals surface area contributed by atoms with E-state index in [1.54, 1.807) is 24.5 Å². The number of benzene rings is 1. The lowest BCUT2D eigenvalue weighted by Gasteiger charge is -2.13. The molecule has 0 bridgehead atoms. The number of carbonyl (C=O) groups excluding carboxylic acids is 1. The molecule has 1 heterocycles. The van der Waals surface area contributed by atoms with Gasteiger partial charge in [0.15, 0.2) is 0 Å². The number of rotatable bonds is 5. The summed E-state index contributed by atoms with van der Waals surface area (Å²) in [4.78, 5) is 12.0. The average Bonchev–Trinajstić information content (AvgIpc) is 3.19. The van der Waals surface area contributed by atoms with E-state index in [1.165, 1.54) is 12.8 Å². The molecule has 4 heteroatoms. The molecule has 3 rings (SSSR count). The number of hydrogen-bond acceptors (Lipinski definition) is 3. The topological polar surface area (TPSA) is 51.5 Å². The maximum absolute atomic E-state index is 12.0. The highest BCUT2D eigenvalue weighted by atomic mass is 16.5. The molecule has 1 saturated carbocycles. The molecule has 0 radical (unpaired) electrons. The van der Waals surface area contributed by atoms with Crippen molar-refractivity contribution in [2.24, 2.45) is 0 Å². The Morgan fingerprint density at radius 1 is 1.19 bits per heavy atom. The maximum atomic E-state index is 12.0. The average molecular weight is 285 g/mol. The van der Waals surface area contributed by atoms with Crippen LogP contribution in [0.25, 0.3) is 0 Å². The molecular weight excluding hydrogens is 266 g/mol. The fourth-order valence-electron chi connectivity index (χ4n) is 2.57. The molecular formula is C17H19NO3. The Morgan fingerprint density at radius 3 is 2.62 bits per heavy atom. The van der Waals surface area contributed by atoms with Gasteiger partial charge in [-0.2, -0.15) is 0 Å². The number of carbonyl (C=O) groups is 1. The van der Waals surface area contributed by atoms with Crippen molar-refractivity contribution in [1.29, 1.82) is 0 Å². The first kappa shape index (κ1) is 13.7. The van der Waals surface area contributed by atoms with E-state index in [9.17, 15) is 4.79 Å². The van der Waals surface area contributed by atoms with Crippen LogP contribution in [-0.4, -0.2) is 12.0 Å². The molecule has 1 fully saturated rings. The fraction of sp³-hybridized carbons (Fsp3) is 0.353. The van der Waals surface area contributed by atoms with Crippen LogP contribution in [0.2, 0.25) is 0 Å². The smallest absolute Gasteiger partial charge is 0.251 e. The molecule has 4 nitrogen and oxygen atoms in total. The molecule has 1 aliphatic rings. The summed E-state index contributed by atoms with van der Waals surface area (Å²) >= 11 is 0. The van der Waals surface area contributed by atoms with Crippen molar-refractivity contribution in [2.75, 3.05) is 0 Å². The van der Waals surface area contributed by atoms with E-state index >= 15 is 0 Å². The SMILES string of the molecule is O=C(NCc1ccco1)c1ccc(OC2CCCC2)cc1. The summed E-state index contributed by atoms with van der Waals surface area (Å²) in [5.74, 6) is 1.47. The largest absolute Gasteiger partial charge is 0.490 e. The van der Waals surface area contributed by atoms with Crippen molar-refractivity contribution in [1.82, 2.24) is 5.32 Å². The van der Waals surface area contributed by atoms with Crippen molar-refractivity contribution < 1.29 is 13.9 Å². The van der Waals surface area contributed by atoms with Crippen molar-refractivity contribution in [3.8, 4) is 5.75 Å². The number of ether oxygens (including phenoxy) is 1. The molecule has 2 aromatic rings. The van der Waals surface area contributed by atoms with Crippen LogP contribution < -0.4 is 10.1 Å². The monoisotopic (exact) mass is 285 g/mol. The summed E-state index contributed by atoms with van der Waals surface area (Å²) < 4.78 is 11.1. The highest BCUT2D eigenvalue weighted by Crippen LogP contribution is 2.24. The van der Waals surface area contributed by atoms with Gasteiger partial charge >= 0.3 is 0 Å². The van der Waals surface area contributed by atoms with Gasteiger partial charge in [-0.25, -0.2) is 0 Å². The second-order valence-corrected chi connectivity index (χ2v) is 5.31. The Balaban J connectivity index is 1.54. The van der Waals surface area contributed by atoms with Gasteiger partial charge in [-0.15, -0.1) is 0 Å². The van der Waals surface area contributed by atoms with Gasteiger partial charge < -0.3 is 14.5 Å². The van der Waals surface area contributed by atoms with Gasteiger partial charge in [-0.05, 0) is 62.1 Å². The van der Waals surface area contributed by atoms with Crippen LogP contribution in [0.4, 0.5) is 0 Å². The van der Waals surface area contributed by atoms with E-state index in [0.717, 1.165) is 24.4 Å². The quantitative estimate of drug-likeness (QED) is 0.914. The Morgan fingerprint density at radius 2 is 1.95 bits per heavy atom. The third kappa shape index (κ3) is 3.66. The van der Waals surface area contributed by atoms with Crippen LogP contribution in [-0.2, 0) is 6.54 Å². The molecule has 1 N–H and O–H groups in total. The maximum Gasteiger partial charge on any atom is 0.251 e. The second-order valence-electron chi connectivity index (χ2n) is 5.31. The van der Waals surface area contributed by atoms with Gasteiger partial charge in [-0.1, -0.05) is 0 Å². The molecule has 1 aromatic carbocycles. The van der Waals surface area contributed by atoms with E-state index in [0.29, 0.717) is 18.2 Å². The lowest BCUT2D eigenvalue weighted by molar-refractivity contribution is 0.0948. The summed E-state index contributed by atoms with van der Waals surface area (Å²) in [6, 6.07) is 10.9. The van der Waals surface area contributed by atoms with Gasteiger partial charge in [0.05, 0.1) is 18.9 Å². The normalized spacial score (nSPS) is 15.0. The summed E-state index contributed by atoms with van der Waals surface area (Å²) in [5, 5.41) is 2.82. The van der Waals surface area contributed by atoms with E-state index in [2.05, 4.69) is 5.32 Å². The van der Waals surface area contributed by atoms with Crippen LogP contribution in [0.15, 0.2) is 47.1 Å². The van der Waals surface area contributed by atoms with Gasteiger partial charge in [0.25, 0.3) is 5.91 Å². The Kier molecular flexibility index (Phi) is 4.24. The zero-order valence-electron chi connectivity index (χ0n) is 11.9. The van der Waals surface area contributed by atoms with Crippen LogP contribution in [0.1, 0.15) is 41.8 Å². The predicted octanol–water partition coefficient (Wildman–Crippen LogP) is 3.53. The van der Waals surface area contributed by atoms with Crippen molar-refractivity contribution in [3.63, 3.8) is 0 Å². The molecule has 1 amide bonds. The van der Waals surface area contributed by atoms with E-state index in [-0.39, 0.29) is 5.91 Å². The number of amides is 1. The molecule has 1 aromatic heterocycles. The first-order valence-electron chi connectivity index (χ1n) is 7.38. The van der Waals surface area contributed by atoms with E-state index in [4.69, 9.17) is 9.15 Å². The molecule has 110 valence electrons. The molecule has 0 aliphatic heterocycles. The van der Waals surface area contributed by atoms with Crippen molar-refractivity contribution in [3.05, 3.63) is 54.0 Å². The van der Waals surface area contributed by atoms with Crippen molar-refractivity contribution >= 4 is 5.91 Å². The Labute approximate surface area is 124 Å². The standard InChI is InChI=1S/C17H19NO3/c19-17(18-12-16-6-3-11-20-16)13-7-9-15(10-8-13)21-14-4-1-2-5-14/h3,6-11,14H,1-2,4-5,12H2,(H,18,19). The summed E-state index contributed by atoms with van der Waals surface area (Å²) in [6.45, 7) is 0.395. The lowest BCUT2D eigenvalue weighted by atomic mass is 10.2. The van der Waals surface area contributed by atoms with Gasteiger partial charge in [0, 0.05) is 5.56 Å². The number of hydrogen-bond donors (Lipinski definition) is 1. The van der Waals surface area contributed by atoms with Crippen LogP contribution in [0.5, 0.6) is 5.75 Å². The van der Waals surface area contributed by atoms with Crippen LogP contribution in [0, 0.1) is 0 Å². The van der Waals surface area contributed by atoms with Gasteiger partial charge in [0.1, 0.15) is 11.5 Å². The molecule has 21 heavy (non-hydrogen) atoms. The third-order valence-corrected chi connectivity index (χ3v) is 3.72.